The molecule has 0 N–H and O–H groups in total. The fraction of sp³-hybridized carbons (Fsp3) is 0.692. The molecule has 0 atom stereocenters. The van der Waals surface area contributed by atoms with Gasteiger partial charge in [0.05, 0.1) is 0 Å². The van der Waals surface area contributed by atoms with Crippen molar-refractivity contribution in [1.29, 1.82) is 0 Å². The van der Waals surface area contributed by atoms with Crippen LogP contribution in [0.5, 0.6) is 0 Å². The van der Waals surface area contributed by atoms with E-state index in [9.17, 15) is 0 Å². The van der Waals surface area contributed by atoms with Crippen molar-refractivity contribution in [2.24, 2.45) is 0 Å². The van der Waals surface area contributed by atoms with Gasteiger partial charge in [0, 0.05) is 13.1 Å². The predicted octanol–water partition coefficient (Wildman–Crippen LogP) is 2.52. The highest BCUT2D eigenvalue weighted by molar-refractivity contribution is 5.65. The first kappa shape index (κ1) is 12.3. The lowest BCUT2D eigenvalue weighted by Gasteiger charge is -2.21. The lowest BCUT2D eigenvalue weighted by molar-refractivity contribution is 0.301. The van der Waals surface area contributed by atoms with E-state index in [4.69, 9.17) is 4.63 Å². The van der Waals surface area contributed by atoms with Crippen LogP contribution in [0.15, 0.2) is 10.7 Å². The highest BCUT2D eigenvalue weighted by atomic mass is 16.6. The number of likely N-dealkylation sites (N-methyl/N-ethyl adjacent to an activating group) is 1. The Morgan fingerprint density at radius 2 is 2.24 bits per heavy atom. The molecule has 1 aliphatic heterocycles. The van der Waals surface area contributed by atoms with E-state index < -0.39 is 0 Å². The van der Waals surface area contributed by atoms with Crippen LogP contribution in [0.4, 0.5) is 0 Å². The Morgan fingerprint density at radius 3 is 3.00 bits per heavy atom. The van der Waals surface area contributed by atoms with Crippen molar-refractivity contribution in [3.8, 4) is 0 Å². The zero-order valence-electron chi connectivity index (χ0n) is 10.8. The molecule has 0 aromatic carbocycles. The van der Waals surface area contributed by atoms with Crippen molar-refractivity contribution in [3.63, 3.8) is 0 Å². The third-order valence-corrected chi connectivity index (χ3v) is 3.22. The van der Waals surface area contributed by atoms with Gasteiger partial charge in [-0.15, -0.1) is 0 Å². The number of rotatable bonds is 5. The Labute approximate surface area is 103 Å². The Bertz CT molecular complexity index is 384. The largest absolute Gasteiger partial charge is 0.302 e. The second-order valence-corrected chi connectivity index (χ2v) is 4.77. The van der Waals surface area contributed by atoms with Crippen LogP contribution >= 0.6 is 0 Å². The minimum absolute atomic E-state index is 0.953. The molecule has 0 spiro atoms. The quantitative estimate of drug-likeness (QED) is 0.735. The third-order valence-electron chi connectivity index (χ3n) is 3.22. The lowest BCUT2D eigenvalue weighted by Crippen LogP contribution is -2.25. The monoisotopic (exact) mass is 235 g/mol. The Kier molecular flexibility index (Phi) is 4.31. The molecular weight excluding hydrogens is 214 g/mol. The molecule has 0 bridgehead atoms. The van der Waals surface area contributed by atoms with Crippen LogP contribution in [0.25, 0.3) is 5.57 Å². The van der Waals surface area contributed by atoms with Crippen LogP contribution in [-0.4, -0.2) is 35.4 Å². The first-order valence-electron chi connectivity index (χ1n) is 6.50. The molecule has 2 heterocycles. The zero-order chi connectivity index (χ0) is 12.1. The maximum atomic E-state index is 4.91. The second-order valence-electron chi connectivity index (χ2n) is 4.77. The average molecular weight is 235 g/mol. The smallest absolute Gasteiger partial charge is 0.135 e. The van der Waals surface area contributed by atoms with Crippen LogP contribution in [0, 0.1) is 0 Å². The minimum Gasteiger partial charge on any atom is -0.302 e. The van der Waals surface area contributed by atoms with Crippen molar-refractivity contribution in [1.82, 2.24) is 15.2 Å². The number of aromatic nitrogens is 2. The summed E-state index contributed by atoms with van der Waals surface area (Å²) in [5, 5.41) is 8.11. The fourth-order valence-electron chi connectivity index (χ4n) is 2.22. The van der Waals surface area contributed by atoms with Crippen molar-refractivity contribution in [2.75, 3.05) is 20.1 Å². The van der Waals surface area contributed by atoms with Gasteiger partial charge in [-0.1, -0.05) is 31.0 Å². The van der Waals surface area contributed by atoms with E-state index in [0.29, 0.717) is 0 Å². The number of unbranched alkanes of at least 4 members (excludes halogenated alkanes) is 2. The summed E-state index contributed by atoms with van der Waals surface area (Å²) in [7, 11) is 2.14. The highest BCUT2D eigenvalue weighted by Gasteiger charge is 2.17. The summed E-state index contributed by atoms with van der Waals surface area (Å²) in [6.07, 6.45) is 7.97. The van der Waals surface area contributed by atoms with Gasteiger partial charge in [0.15, 0.2) is 0 Å². The molecule has 0 radical (unpaired) electrons. The van der Waals surface area contributed by atoms with E-state index in [0.717, 1.165) is 37.3 Å². The van der Waals surface area contributed by atoms with E-state index in [-0.39, 0.29) is 0 Å². The lowest BCUT2D eigenvalue weighted by atomic mass is 10.0. The number of hydrogen-bond donors (Lipinski definition) is 0. The van der Waals surface area contributed by atoms with Crippen LogP contribution in [0.2, 0.25) is 0 Å². The average Bonchev–Trinajstić information content (AvgIpc) is 2.78. The van der Waals surface area contributed by atoms with Gasteiger partial charge < -0.3 is 4.90 Å². The molecular formula is C13H21N3O. The molecule has 0 amide bonds. The Morgan fingerprint density at radius 1 is 1.35 bits per heavy atom. The summed E-state index contributed by atoms with van der Waals surface area (Å²) in [6.45, 7) is 4.29. The van der Waals surface area contributed by atoms with Gasteiger partial charge in [-0.2, -0.15) is 0 Å². The Hall–Kier alpha value is -1.16. The van der Waals surface area contributed by atoms with Crippen LogP contribution in [0.1, 0.15) is 44.0 Å². The van der Waals surface area contributed by atoms with E-state index >= 15 is 0 Å². The summed E-state index contributed by atoms with van der Waals surface area (Å²) in [6, 6.07) is 0. The molecule has 1 aromatic rings. The van der Waals surface area contributed by atoms with E-state index in [1.54, 1.807) is 0 Å². The van der Waals surface area contributed by atoms with Gasteiger partial charge in [-0.05, 0) is 37.0 Å². The summed E-state index contributed by atoms with van der Waals surface area (Å²) in [5.74, 6) is 0. The molecule has 0 aliphatic carbocycles. The first-order valence-corrected chi connectivity index (χ1v) is 6.50. The summed E-state index contributed by atoms with van der Waals surface area (Å²) >= 11 is 0. The standard InChI is InChI=1S/C13H21N3O/c1-3-4-5-8-12-13(15-17-14-12)11-7-6-9-16(2)10-11/h7H,3-6,8-10H2,1-2H3. The maximum Gasteiger partial charge on any atom is 0.135 e. The summed E-state index contributed by atoms with van der Waals surface area (Å²) in [4.78, 5) is 2.31. The maximum absolute atomic E-state index is 4.91. The first-order chi connectivity index (χ1) is 8.31. The van der Waals surface area contributed by atoms with Crippen molar-refractivity contribution in [2.45, 2.75) is 39.0 Å². The van der Waals surface area contributed by atoms with Gasteiger partial charge in [-0.25, -0.2) is 4.63 Å². The van der Waals surface area contributed by atoms with Crippen molar-refractivity contribution >= 4 is 5.57 Å². The van der Waals surface area contributed by atoms with E-state index in [1.807, 2.05) is 0 Å². The molecule has 94 valence electrons. The molecule has 0 saturated heterocycles. The normalized spacial score (nSPS) is 17.2. The van der Waals surface area contributed by atoms with Crippen LogP contribution in [0.3, 0.4) is 0 Å². The van der Waals surface area contributed by atoms with Gasteiger partial charge in [0.2, 0.25) is 0 Å². The van der Waals surface area contributed by atoms with Gasteiger partial charge in [0.25, 0.3) is 0 Å². The van der Waals surface area contributed by atoms with Crippen LogP contribution < -0.4 is 0 Å². The molecule has 0 unspecified atom stereocenters. The molecule has 0 fully saturated rings. The molecule has 4 nitrogen and oxygen atoms in total. The molecule has 1 aliphatic rings. The van der Waals surface area contributed by atoms with Gasteiger partial charge >= 0.3 is 0 Å². The third kappa shape index (κ3) is 3.16. The minimum atomic E-state index is 0.953. The highest BCUT2D eigenvalue weighted by Crippen LogP contribution is 2.21. The molecule has 2 rings (SSSR count). The predicted molar refractivity (Wildman–Crippen MR) is 67.6 cm³/mol. The topological polar surface area (TPSA) is 42.2 Å². The fourth-order valence-corrected chi connectivity index (χ4v) is 2.22. The van der Waals surface area contributed by atoms with Crippen molar-refractivity contribution in [3.05, 3.63) is 17.5 Å². The van der Waals surface area contributed by atoms with Crippen LogP contribution in [-0.2, 0) is 6.42 Å². The van der Waals surface area contributed by atoms with Crippen molar-refractivity contribution < 1.29 is 4.63 Å². The summed E-state index contributed by atoms with van der Waals surface area (Å²) in [5.41, 5.74) is 3.28. The SMILES string of the molecule is CCCCCc1nonc1C1=CCCN(C)C1. The molecule has 0 saturated carbocycles. The summed E-state index contributed by atoms with van der Waals surface area (Å²) < 4.78 is 4.91. The molecule has 4 heteroatoms. The van der Waals surface area contributed by atoms with E-state index in [2.05, 4.69) is 35.3 Å². The number of hydrogen-bond acceptors (Lipinski definition) is 4. The Balaban J connectivity index is 2.05. The molecule has 1 aromatic heterocycles. The molecule has 17 heavy (non-hydrogen) atoms. The van der Waals surface area contributed by atoms with E-state index in [1.165, 1.54) is 24.8 Å². The second kappa shape index (κ2) is 5.96. The number of aryl methyl sites for hydroxylation is 1. The zero-order valence-corrected chi connectivity index (χ0v) is 10.8. The van der Waals surface area contributed by atoms with Gasteiger partial charge in [-0.3, -0.25) is 0 Å². The number of nitrogens with zero attached hydrogens (tertiary/aromatic N) is 3. The van der Waals surface area contributed by atoms with Gasteiger partial charge in [0.1, 0.15) is 11.4 Å².